The van der Waals surface area contributed by atoms with Crippen LogP contribution >= 0.6 is 0 Å². The third-order valence-corrected chi connectivity index (χ3v) is 3.61. The van der Waals surface area contributed by atoms with Gasteiger partial charge in [0.05, 0.1) is 28.6 Å². The second kappa shape index (κ2) is 4.17. The lowest BCUT2D eigenvalue weighted by atomic mass is 10.1. The molecule has 2 aromatic heterocycles. The molecule has 2 heterocycles. The summed E-state index contributed by atoms with van der Waals surface area (Å²) in [7, 11) is 0. The first kappa shape index (κ1) is 11.2. The Labute approximate surface area is 116 Å². The molecule has 0 radical (unpaired) electrons. The van der Waals surface area contributed by atoms with Crippen LogP contribution in [0.25, 0.3) is 33.2 Å². The summed E-state index contributed by atoms with van der Waals surface area (Å²) >= 11 is 0. The molecular formula is C17H13N3. The first-order chi connectivity index (χ1) is 9.81. The molecule has 1 N–H and O–H groups in total. The second-order valence-corrected chi connectivity index (χ2v) is 4.98. The van der Waals surface area contributed by atoms with E-state index in [9.17, 15) is 0 Å². The Hall–Kier alpha value is -2.68. The van der Waals surface area contributed by atoms with Gasteiger partial charge < -0.3 is 4.98 Å². The van der Waals surface area contributed by atoms with Crippen molar-refractivity contribution in [1.82, 2.24) is 15.0 Å². The molecule has 3 heteroatoms. The van der Waals surface area contributed by atoms with Crippen molar-refractivity contribution in [2.45, 2.75) is 6.92 Å². The molecule has 20 heavy (non-hydrogen) atoms. The van der Waals surface area contributed by atoms with E-state index in [1.807, 2.05) is 18.2 Å². The minimum absolute atomic E-state index is 0.989. The zero-order valence-electron chi connectivity index (χ0n) is 11.1. The van der Waals surface area contributed by atoms with Crippen LogP contribution in [-0.4, -0.2) is 15.0 Å². The Bertz CT molecular complexity index is 922. The molecule has 0 saturated carbocycles. The highest BCUT2D eigenvalue weighted by Crippen LogP contribution is 2.26. The Morgan fingerprint density at radius 1 is 1.00 bits per heavy atom. The number of aryl methyl sites for hydroxylation is 1. The Balaban J connectivity index is 1.95. The number of aromatic nitrogens is 3. The van der Waals surface area contributed by atoms with Gasteiger partial charge in [-0.3, -0.25) is 0 Å². The second-order valence-electron chi connectivity index (χ2n) is 4.98. The number of hydrogen-bond acceptors (Lipinski definition) is 2. The predicted molar refractivity (Wildman–Crippen MR) is 81.6 cm³/mol. The monoisotopic (exact) mass is 259 g/mol. The van der Waals surface area contributed by atoms with Crippen LogP contribution in [-0.2, 0) is 0 Å². The first-order valence-electron chi connectivity index (χ1n) is 6.61. The zero-order chi connectivity index (χ0) is 13.5. The summed E-state index contributed by atoms with van der Waals surface area (Å²) in [5, 5.41) is 1.16. The Kier molecular flexibility index (Phi) is 2.33. The molecule has 0 unspecified atom stereocenters. The molecule has 0 saturated heterocycles. The van der Waals surface area contributed by atoms with Gasteiger partial charge in [-0.1, -0.05) is 24.3 Å². The van der Waals surface area contributed by atoms with Gasteiger partial charge in [0.25, 0.3) is 0 Å². The highest BCUT2D eigenvalue weighted by atomic mass is 14.9. The molecule has 0 amide bonds. The number of fused-ring (bicyclic) bond motifs is 2. The number of imidazole rings is 1. The van der Waals surface area contributed by atoms with Crippen molar-refractivity contribution in [2.24, 2.45) is 0 Å². The molecule has 2 aromatic carbocycles. The van der Waals surface area contributed by atoms with Gasteiger partial charge in [0, 0.05) is 10.9 Å². The van der Waals surface area contributed by atoms with E-state index in [1.54, 1.807) is 6.33 Å². The number of aromatic amines is 1. The van der Waals surface area contributed by atoms with Crippen molar-refractivity contribution in [3.05, 3.63) is 60.4 Å². The molecule has 0 aliphatic heterocycles. The SMILES string of the molecule is Cc1cc(-c2ccc3ccccc3n2)cc2[nH]cnc12. The van der Waals surface area contributed by atoms with Crippen LogP contribution in [0.15, 0.2) is 54.9 Å². The molecule has 4 rings (SSSR count). The van der Waals surface area contributed by atoms with Crippen LogP contribution in [0.3, 0.4) is 0 Å². The largest absolute Gasteiger partial charge is 0.345 e. The van der Waals surface area contributed by atoms with E-state index in [1.165, 1.54) is 0 Å². The van der Waals surface area contributed by atoms with Crippen molar-refractivity contribution in [2.75, 3.05) is 0 Å². The van der Waals surface area contributed by atoms with Crippen LogP contribution < -0.4 is 0 Å². The molecule has 96 valence electrons. The van der Waals surface area contributed by atoms with E-state index < -0.39 is 0 Å². The average molecular weight is 259 g/mol. The highest BCUT2D eigenvalue weighted by molar-refractivity contribution is 5.86. The van der Waals surface area contributed by atoms with Crippen LogP contribution in [0, 0.1) is 6.92 Å². The standard InChI is InChI=1S/C17H13N3/c1-11-8-13(9-16-17(11)19-10-18-16)15-7-6-12-4-2-3-5-14(12)20-15/h2-10H,1H3,(H,18,19). The van der Waals surface area contributed by atoms with Crippen molar-refractivity contribution in [3.8, 4) is 11.3 Å². The summed E-state index contributed by atoms with van der Waals surface area (Å²) in [4.78, 5) is 12.2. The van der Waals surface area contributed by atoms with Crippen molar-refractivity contribution >= 4 is 21.9 Å². The Morgan fingerprint density at radius 3 is 2.85 bits per heavy atom. The van der Waals surface area contributed by atoms with E-state index in [0.717, 1.165) is 38.8 Å². The smallest absolute Gasteiger partial charge is 0.0931 e. The van der Waals surface area contributed by atoms with Crippen molar-refractivity contribution in [1.29, 1.82) is 0 Å². The van der Waals surface area contributed by atoms with E-state index >= 15 is 0 Å². The lowest BCUT2D eigenvalue weighted by Gasteiger charge is -2.05. The minimum atomic E-state index is 0.989. The number of benzene rings is 2. The molecule has 0 fully saturated rings. The molecule has 4 aromatic rings. The Morgan fingerprint density at radius 2 is 1.90 bits per heavy atom. The minimum Gasteiger partial charge on any atom is -0.345 e. The fourth-order valence-electron chi connectivity index (χ4n) is 2.60. The van der Waals surface area contributed by atoms with Crippen LogP contribution in [0.4, 0.5) is 0 Å². The fourth-order valence-corrected chi connectivity index (χ4v) is 2.60. The van der Waals surface area contributed by atoms with E-state index in [2.05, 4.69) is 47.2 Å². The van der Waals surface area contributed by atoms with E-state index in [4.69, 9.17) is 4.98 Å². The van der Waals surface area contributed by atoms with Gasteiger partial charge in [0.2, 0.25) is 0 Å². The lowest BCUT2D eigenvalue weighted by molar-refractivity contribution is 1.34. The predicted octanol–water partition coefficient (Wildman–Crippen LogP) is 4.09. The fraction of sp³-hybridized carbons (Fsp3) is 0.0588. The highest BCUT2D eigenvalue weighted by Gasteiger charge is 2.06. The molecule has 0 atom stereocenters. The normalized spacial score (nSPS) is 11.2. The molecule has 0 aliphatic carbocycles. The van der Waals surface area contributed by atoms with Gasteiger partial charge in [-0.2, -0.15) is 0 Å². The number of H-pyrrole nitrogens is 1. The number of hydrogen-bond donors (Lipinski definition) is 1. The summed E-state index contributed by atoms with van der Waals surface area (Å²) in [6.45, 7) is 2.08. The van der Waals surface area contributed by atoms with Crippen LogP contribution in [0.1, 0.15) is 5.56 Å². The van der Waals surface area contributed by atoms with Crippen LogP contribution in [0.5, 0.6) is 0 Å². The van der Waals surface area contributed by atoms with Crippen LogP contribution in [0.2, 0.25) is 0 Å². The van der Waals surface area contributed by atoms with Crippen molar-refractivity contribution in [3.63, 3.8) is 0 Å². The number of nitrogens with one attached hydrogen (secondary N) is 1. The summed E-state index contributed by atoms with van der Waals surface area (Å²) in [6, 6.07) is 16.6. The summed E-state index contributed by atoms with van der Waals surface area (Å²) in [5.41, 5.74) is 6.36. The van der Waals surface area contributed by atoms with Gasteiger partial charge in [-0.15, -0.1) is 0 Å². The average Bonchev–Trinajstić information content (AvgIpc) is 2.96. The van der Waals surface area contributed by atoms with Crippen molar-refractivity contribution < 1.29 is 0 Å². The molecule has 0 bridgehead atoms. The summed E-state index contributed by atoms with van der Waals surface area (Å²) in [5.74, 6) is 0. The maximum absolute atomic E-state index is 4.74. The lowest BCUT2D eigenvalue weighted by Crippen LogP contribution is -1.87. The number of nitrogens with zero attached hydrogens (tertiary/aromatic N) is 2. The third kappa shape index (κ3) is 1.67. The van der Waals surface area contributed by atoms with E-state index in [-0.39, 0.29) is 0 Å². The number of para-hydroxylation sites is 1. The van der Waals surface area contributed by atoms with Gasteiger partial charge in [0.1, 0.15) is 0 Å². The van der Waals surface area contributed by atoms with Gasteiger partial charge in [0.15, 0.2) is 0 Å². The van der Waals surface area contributed by atoms with Gasteiger partial charge in [-0.05, 0) is 36.8 Å². The first-order valence-corrected chi connectivity index (χ1v) is 6.61. The molecule has 3 nitrogen and oxygen atoms in total. The summed E-state index contributed by atoms with van der Waals surface area (Å²) < 4.78 is 0. The summed E-state index contributed by atoms with van der Waals surface area (Å²) in [6.07, 6.45) is 1.73. The van der Waals surface area contributed by atoms with E-state index in [0.29, 0.717) is 0 Å². The van der Waals surface area contributed by atoms with Gasteiger partial charge >= 0.3 is 0 Å². The number of pyridine rings is 1. The quantitative estimate of drug-likeness (QED) is 0.559. The molecule has 0 spiro atoms. The maximum atomic E-state index is 4.74. The topological polar surface area (TPSA) is 41.6 Å². The molecule has 0 aliphatic rings. The number of rotatable bonds is 1. The maximum Gasteiger partial charge on any atom is 0.0931 e. The zero-order valence-corrected chi connectivity index (χ0v) is 11.1. The molecular weight excluding hydrogens is 246 g/mol. The third-order valence-electron chi connectivity index (χ3n) is 3.61. The van der Waals surface area contributed by atoms with Gasteiger partial charge in [-0.25, -0.2) is 9.97 Å².